The van der Waals surface area contributed by atoms with Gasteiger partial charge < -0.3 is 9.47 Å². The van der Waals surface area contributed by atoms with Crippen LogP contribution in [0.15, 0.2) is 45.8 Å². The summed E-state index contributed by atoms with van der Waals surface area (Å²) >= 11 is 4.41. The Morgan fingerprint density at radius 1 is 1.19 bits per heavy atom. The number of carbonyl (C=O) groups excluding carboxylic acids is 2. The third-order valence-corrected chi connectivity index (χ3v) is 6.29. The molecular formula is C23H23BrFNO4S. The highest BCUT2D eigenvalue weighted by Gasteiger charge is 2.37. The first kappa shape index (κ1) is 23.3. The molecule has 2 aromatic rings. The van der Waals surface area contributed by atoms with Crippen LogP contribution in [0.1, 0.15) is 38.3 Å². The molecule has 0 spiro atoms. The number of nitrogens with zero attached hydrogens (tertiary/aromatic N) is 1. The molecule has 0 saturated carbocycles. The van der Waals surface area contributed by atoms with Gasteiger partial charge in [0.2, 0.25) is 0 Å². The monoisotopic (exact) mass is 507 g/mol. The van der Waals surface area contributed by atoms with Gasteiger partial charge in [-0.25, -0.2) is 4.39 Å². The number of benzene rings is 2. The predicted octanol–water partition coefficient (Wildman–Crippen LogP) is 6.40. The molecule has 1 fully saturated rings. The van der Waals surface area contributed by atoms with E-state index in [0.717, 1.165) is 11.8 Å². The van der Waals surface area contributed by atoms with Crippen LogP contribution in [0.5, 0.6) is 11.5 Å². The van der Waals surface area contributed by atoms with E-state index in [2.05, 4.69) is 15.9 Å². The number of ether oxygens (including phenoxy) is 2. The standard InChI is InChI=1S/C23H23BrFNO4S/c1-4-14(3)26-22(27)20(31-23(26)28)12-15-10-17(24)21(19(11-15)29-5-2)30-13-16-8-6-7-9-18(16)25/h6-12,14H,4-5,13H2,1-3H3/b20-12+/t14-/m0/s1. The van der Waals surface area contributed by atoms with Crippen molar-refractivity contribution in [2.45, 2.75) is 39.8 Å². The van der Waals surface area contributed by atoms with Crippen LogP contribution in [0.3, 0.4) is 0 Å². The quantitative estimate of drug-likeness (QED) is 0.387. The molecular weight excluding hydrogens is 485 g/mol. The zero-order chi connectivity index (χ0) is 22.5. The molecule has 0 N–H and O–H groups in total. The molecule has 1 heterocycles. The van der Waals surface area contributed by atoms with Crippen molar-refractivity contribution in [3.8, 4) is 11.5 Å². The van der Waals surface area contributed by atoms with E-state index in [9.17, 15) is 14.0 Å². The number of imide groups is 1. The molecule has 0 aromatic heterocycles. The van der Waals surface area contributed by atoms with Gasteiger partial charge in [0, 0.05) is 11.6 Å². The van der Waals surface area contributed by atoms with Crippen LogP contribution in [0.4, 0.5) is 9.18 Å². The molecule has 1 aliphatic heterocycles. The first-order valence-corrected chi connectivity index (χ1v) is 11.6. The van der Waals surface area contributed by atoms with Crippen LogP contribution >= 0.6 is 27.7 Å². The van der Waals surface area contributed by atoms with Gasteiger partial charge in [-0.3, -0.25) is 14.5 Å². The molecule has 164 valence electrons. The van der Waals surface area contributed by atoms with Crippen LogP contribution in [0, 0.1) is 5.82 Å². The van der Waals surface area contributed by atoms with Gasteiger partial charge in [0.1, 0.15) is 12.4 Å². The van der Waals surface area contributed by atoms with Crippen LogP contribution in [0.2, 0.25) is 0 Å². The maximum Gasteiger partial charge on any atom is 0.293 e. The van der Waals surface area contributed by atoms with Gasteiger partial charge >= 0.3 is 0 Å². The minimum Gasteiger partial charge on any atom is -0.490 e. The van der Waals surface area contributed by atoms with Gasteiger partial charge in [-0.15, -0.1) is 0 Å². The Morgan fingerprint density at radius 3 is 2.61 bits per heavy atom. The number of thioether (sulfide) groups is 1. The zero-order valence-corrected chi connectivity index (χ0v) is 19.9. The molecule has 1 saturated heterocycles. The Hall–Kier alpha value is -2.32. The normalized spacial score (nSPS) is 16.2. The lowest BCUT2D eigenvalue weighted by Crippen LogP contribution is -2.36. The zero-order valence-electron chi connectivity index (χ0n) is 17.5. The summed E-state index contributed by atoms with van der Waals surface area (Å²) in [4.78, 5) is 26.6. The molecule has 0 bridgehead atoms. The van der Waals surface area contributed by atoms with Gasteiger partial charge in [0.15, 0.2) is 11.5 Å². The van der Waals surface area contributed by atoms with Gasteiger partial charge in [-0.05, 0) is 77.8 Å². The molecule has 1 aliphatic rings. The fourth-order valence-corrected chi connectivity index (χ4v) is 4.54. The van der Waals surface area contributed by atoms with Crippen molar-refractivity contribution in [2.24, 2.45) is 0 Å². The van der Waals surface area contributed by atoms with E-state index >= 15 is 0 Å². The molecule has 3 rings (SSSR count). The Balaban J connectivity index is 1.88. The maximum atomic E-state index is 13.9. The fourth-order valence-electron chi connectivity index (χ4n) is 3.03. The van der Waals surface area contributed by atoms with E-state index in [1.807, 2.05) is 20.8 Å². The average molecular weight is 508 g/mol. The maximum absolute atomic E-state index is 13.9. The predicted molar refractivity (Wildman–Crippen MR) is 124 cm³/mol. The topological polar surface area (TPSA) is 55.8 Å². The second-order valence-electron chi connectivity index (χ2n) is 6.95. The first-order chi connectivity index (χ1) is 14.8. The van der Waals surface area contributed by atoms with Crippen molar-refractivity contribution >= 4 is 44.9 Å². The van der Waals surface area contributed by atoms with E-state index in [-0.39, 0.29) is 29.6 Å². The van der Waals surface area contributed by atoms with E-state index in [1.165, 1.54) is 11.0 Å². The van der Waals surface area contributed by atoms with E-state index in [0.29, 0.717) is 45.0 Å². The molecule has 8 heteroatoms. The summed E-state index contributed by atoms with van der Waals surface area (Å²) in [5.41, 5.74) is 1.11. The van der Waals surface area contributed by atoms with Crippen LogP contribution in [-0.4, -0.2) is 28.7 Å². The minimum atomic E-state index is -0.342. The summed E-state index contributed by atoms with van der Waals surface area (Å²) in [6, 6.07) is 9.77. The van der Waals surface area contributed by atoms with Crippen molar-refractivity contribution in [2.75, 3.05) is 6.61 Å². The highest BCUT2D eigenvalue weighted by atomic mass is 79.9. The van der Waals surface area contributed by atoms with E-state index in [4.69, 9.17) is 9.47 Å². The van der Waals surface area contributed by atoms with Crippen molar-refractivity contribution in [3.63, 3.8) is 0 Å². The highest BCUT2D eigenvalue weighted by molar-refractivity contribution is 9.10. The summed E-state index contributed by atoms with van der Waals surface area (Å²) in [7, 11) is 0. The molecule has 31 heavy (non-hydrogen) atoms. The summed E-state index contributed by atoms with van der Waals surface area (Å²) < 4.78 is 26.1. The van der Waals surface area contributed by atoms with Crippen molar-refractivity contribution in [1.82, 2.24) is 4.90 Å². The number of amides is 2. The molecule has 1 atom stereocenters. The lowest BCUT2D eigenvalue weighted by Gasteiger charge is -2.19. The second-order valence-corrected chi connectivity index (χ2v) is 8.80. The summed E-state index contributed by atoms with van der Waals surface area (Å²) in [5.74, 6) is 0.263. The molecule has 2 aromatic carbocycles. The number of hydrogen-bond acceptors (Lipinski definition) is 5. The van der Waals surface area contributed by atoms with Gasteiger partial charge in [-0.2, -0.15) is 0 Å². The molecule has 0 unspecified atom stereocenters. The van der Waals surface area contributed by atoms with Gasteiger partial charge in [0.05, 0.1) is 16.0 Å². The van der Waals surface area contributed by atoms with Crippen LogP contribution < -0.4 is 9.47 Å². The van der Waals surface area contributed by atoms with Crippen LogP contribution in [0.25, 0.3) is 6.08 Å². The Morgan fingerprint density at radius 2 is 1.94 bits per heavy atom. The third kappa shape index (κ3) is 5.30. The Labute approximate surface area is 193 Å². The Bertz CT molecular complexity index is 1030. The molecule has 0 radical (unpaired) electrons. The average Bonchev–Trinajstić information content (AvgIpc) is 3.01. The number of carbonyl (C=O) groups is 2. The summed E-state index contributed by atoms with van der Waals surface area (Å²) in [6.07, 6.45) is 2.36. The fraction of sp³-hybridized carbons (Fsp3) is 0.304. The molecule has 0 aliphatic carbocycles. The SMILES string of the molecule is CCOc1cc(/C=C2/SC(=O)N([C@@H](C)CC)C2=O)cc(Br)c1OCc1ccccc1F. The lowest BCUT2D eigenvalue weighted by molar-refractivity contribution is -0.124. The number of halogens is 2. The van der Waals surface area contributed by atoms with Crippen LogP contribution in [-0.2, 0) is 11.4 Å². The lowest BCUT2D eigenvalue weighted by atomic mass is 10.1. The van der Waals surface area contributed by atoms with Crippen molar-refractivity contribution in [3.05, 3.63) is 62.7 Å². The molecule has 2 amide bonds. The van der Waals surface area contributed by atoms with Crippen molar-refractivity contribution in [1.29, 1.82) is 0 Å². The number of hydrogen-bond donors (Lipinski definition) is 0. The highest BCUT2D eigenvalue weighted by Crippen LogP contribution is 2.40. The largest absolute Gasteiger partial charge is 0.490 e. The first-order valence-electron chi connectivity index (χ1n) is 9.95. The smallest absolute Gasteiger partial charge is 0.293 e. The van der Waals surface area contributed by atoms with Crippen molar-refractivity contribution < 1.29 is 23.5 Å². The Kier molecular flexibility index (Phi) is 7.78. The van der Waals surface area contributed by atoms with Gasteiger partial charge in [0.25, 0.3) is 11.1 Å². The minimum absolute atomic E-state index is 0.0402. The molecule has 5 nitrogen and oxygen atoms in total. The summed E-state index contributed by atoms with van der Waals surface area (Å²) in [6.45, 7) is 6.07. The second kappa shape index (κ2) is 10.3. The third-order valence-electron chi connectivity index (χ3n) is 4.81. The van der Waals surface area contributed by atoms with E-state index < -0.39 is 0 Å². The van der Waals surface area contributed by atoms with Gasteiger partial charge in [-0.1, -0.05) is 25.1 Å². The summed E-state index contributed by atoms with van der Waals surface area (Å²) in [5, 5.41) is -0.264. The number of rotatable bonds is 8. The van der Waals surface area contributed by atoms with E-state index in [1.54, 1.807) is 36.4 Å².